The second-order valence-electron chi connectivity index (χ2n) is 5.29. The van der Waals surface area contributed by atoms with Crippen molar-refractivity contribution in [2.75, 3.05) is 7.11 Å². The summed E-state index contributed by atoms with van der Waals surface area (Å²) >= 11 is 0. The first-order chi connectivity index (χ1) is 8.13. The van der Waals surface area contributed by atoms with Gasteiger partial charge in [0.2, 0.25) is 0 Å². The van der Waals surface area contributed by atoms with Crippen LogP contribution in [0.2, 0.25) is 0 Å². The predicted octanol–water partition coefficient (Wildman–Crippen LogP) is 2.50. The standard InChI is InChI=1S/C15H18O2/c1-14(16)13(11-7-4-3-5-8-11)12-9-6-10-15(12,14)17-2/h3-9,12-13,16H,10H2,1-2H3/t12-,13-,14+,15+/m0/s1. The van der Waals surface area contributed by atoms with Crippen LogP contribution in [0.5, 0.6) is 0 Å². The molecule has 0 unspecified atom stereocenters. The summed E-state index contributed by atoms with van der Waals surface area (Å²) in [6, 6.07) is 10.2. The highest BCUT2D eigenvalue weighted by molar-refractivity contribution is 5.40. The largest absolute Gasteiger partial charge is 0.386 e. The zero-order valence-electron chi connectivity index (χ0n) is 10.3. The van der Waals surface area contributed by atoms with Crippen molar-refractivity contribution in [3.63, 3.8) is 0 Å². The molecule has 0 aliphatic heterocycles. The summed E-state index contributed by atoms with van der Waals surface area (Å²) in [6.07, 6.45) is 5.13. The third-order valence-electron chi connectivity index (χ3n) is 4.65. The quantitative estimate of drug-likeness (QED) is 0.791. The minimum Gasteiger partial charge on any atom is -0.386 e. The highest BCUT2D eigenvalue weighted by Crippen LogP contribution is 2.63. The van der Waals surface area contributed by atoms with Crippen molar-refractivity contribution in [2.24, 2.45) is 5.92 Å². The molecule has 2 nitrogen and oxygen atoms in total. The molecule has 0 bridgehead atoms. The second-order valence-corrected chi connectivity index (χ2v) is 5.29. The van der Waals surface area contributed by atoms with Gasteiger partial charge in [-0.2, -0.15) is 0 Å². The third kappa shape index (κ3) is 1.17. The van der Waals surface area contributed by atoms with Crippen LogP contribution in [0, 0.1) is 5.92 Å². The number of benzene rings is 1. The van der Waals surface area contributed by atoms with Crippen molar-refractivity contribution in [3.8, 4) is 0 Å². The van der Waals surface area contributed by atoms with Crippen LogP contribution in [0.4, 0.5) is 0 Å². The fourth-order valence-corrected chi connectivity index (χ4v) is 3.74. The molecule has 2 aliphatic rings. The van der Waals surface area contributed by atoms with Crippen molar-refractivity contribution in [1.82, 2.24) is 0 Å². The SMILES string of the molecule is CO[C@]12CC=C[C@H]1[C@H](c1ccccc1)[C@@]2(C)O. The monoisotopic (exact) mass is 230 g/mol. The van der Waals surface area contributed by atoms with Gasteiger partial charge < -0.3 is 9.84 Å². The first-order valence-corrected chi connectivity index (χ1v) is 6.12. The van der Waals surface area contributed by atoms with Crippen LogP contribution in [0.3, 0.4) is 0 Å². The van der Waals surface area contributed by atoms with E-state index in [1.54, 1.807) is 7.11 Å². The van der Waals surface area contributed by atoms with E-state index in [2.05, 4.69) is 24.3 Å². The van der Waals surface area contributed by atoms with Crippen molar-refractivity contribution in [2.45, 2.75) is 30.5 Å². The van der Waals surface area contributed by atoms with E-state index in [1.807, 2.05) is 25.1 Å². The molecule has 0 spiro atoms. The van der Waals surface area contributed by atoms with Crippen LogP contribution in [0.15, 0.2) is 42.5 Å². The fourth-order valence-electron chi connectivity index (χ4n) is 3.74. The molecule has 0 radical (unpaired) electrons. The van der Waals surface area contributed by atoms with Gasteiger partial charge in [0.1, 0.15) is 5.60 Å². The lowest BCUT2D eigenvalue weighted by molar-refractivity contribution is -0.262. The Morgan fingerprint density at radius 3 is 2.65 bits per heavy atom. The summed E-state index contributed by atoms with van der Waals surface area (Å²) in [6.45, 7) is 1.90. The minimum absolute atomic E-state index is 0.141. The van der Waals surface area contributed by atoms with Crippen molar-refractivity contribution >= 4 is 0 Å². The molecule has 2 aliphatic carbocycles. The number of fused-ring (bicyclic) bond motifs is 1. The Bertz CT molecular complexity index is 449. The molecular formula is C15H18O2. The Morgan fingerprint density at radius 1 is 1.29 bits per heavy atom. The molecule has 0 saturated heterocycles. The molecule has 1 saturated carbocycles. The van der Waals surface area contributed by atoms with E-state index in [9.17, 15) is 5.11 Å². The van der Waals surface area contributed by atoms with Crippen molar-refractivity contribution in [1.29, 1.82) is 0 Å². The first-order valence-electron chi connectivity index (χ1n) is 6.12. The lowest BCUT2D eigenvalue weighted by atomic mass is 9.50. The number of rotatable bonds is 2. The maximum absolute atomic E-state index is 10.8. The van der Waals surface area contributed by atoms with Crippen LogP contribution < -0.4 is 0 Å². The Labute approximate surface area is 102 Å². The van der Waals surface area contributed by atoms with E-state index in [-0.39, 0.29) is 5.92 Å². The van der Waals surface area contributed by atoms with Gasteiger partial charge in [0.05, 0.1) is 5.60 Å². The normalized spacial score (nSPS) is 43.2. The molecule has 90 valence electrons. The van der Waals surface area contributed by atoms with Crippen molar-refractivity contribution in [3.05, 3.63) is 48.0 Å². The lowest BCUT2D eigenvalue weighted by Crippen LogP contribution is -2.71. The molecule has 4 atom stereocenters. The number of methoxy groups -OCH3 is 1. The Morgan fingerprint density at radius 2 is 2.00 bits per heavy atom. The Balaban J connectivity index is 2.01. The van der Waals surface area contributed by atoms with E-state index in [0.29, 0.717) is 5.92 Å². The highest BCUT2D eigenvalue weighted by atomic mass is 16.5. The van der Waals surface area contributed by atoms with Crippen LogP contribution in [-0.4, -0.2) is 23.4 Å². The average molecular weight is 230 g/mol. The molecule has 17 heavy (non-hydrogen) atoms. The second kappa shape index (κ2) is 3.44. The van der Waals surface area contributed by atoms with E-state index in [0.717, 1.165) is 6.42 Å². The van der Waals surface area contributed by atoms with Gasteiger partial charge in [0, 0.05) is 18.9 Å². The lowest BCUT2D eigenvalue weighted by Gasteiger charge is -2.62. The molecule has 0 aromatic heterocycles. The van der Waals surface area contributed by atoms with E-state index in [4.69, 9.17) is 4.74 Å². The van der Waals surface area contributed by atoms with Gasteiger partial charge in [0.25, 0.3) is 0 Å². The van der Waals surface area contributed by atoms with Gasteiger partial charge in [-0.15, -0.1) is 0 Å². The van der Waals surface area contributed by atoms with Crippen LogP contribution in [-0.2, 0) is 4.74 Å². The molecule has 2 heteroatoms. The van der Waals surface area contributed by atoms with Gasteiger partial charge in [-0.3, -0.25) is 0 Å². The maximum Gasteiger partial charge on any atom is 0.107 e. The Kier molecular flexibility index (Phi) is 2.22. The molecule has 0 amide bonds. The average Bonchev–Trinajstić information content (AvgIpc) is 2.72. The summed E-state index contributed by atoms with van der Waals surface area (Å²) in [4.78, 5) is 0. The molecule has 1 aromatic carbocycles. The molecule has 1 aromatic rings. The molecule has 3 rings (SSSR count). The number of hydrogen-bond acceptors (Lipinski definition) is 2. The van der Waals surface area contributed by atoms with Crippen LogP contribution in [0.25, 0.3) is 0 Å². The molecule has 1 fully saturated rings. The summed E-state index contributed by atoms with van der Waals surface area (Å²) in [5.41, 5.74) is -0.00755. The van der Waals surface area contributed by atoms with Crippen LogP contribution in [0.1, 0.15) is 24.8 Å². The predicted molar refractivity (Wildman–Crippen MR) is 66.8 cm³/mol. The molecular weight excluding hydrogens is 212 g/mol. The van der Waals surface area contributed by atoms with E-state index < -0.39 is 11.2 Å². The van der Waals surface area contributed by atoms with Crippen molar-refractivity contribution < 1.29 is 9.84 Å². The molecule has 1 N–H and O–H groups in total. The summed E-state index contributed by atoms with van der Waals surface area (Å²) in [7, 11) is 1.70. The maximum atomic E-state index is 10.8. The summed E-state index contributed by atoms with van der Waals surface area (Å²) in [5, 5.41) is 10.8. The minimum atomic E-state index is -0.794. The fraction of sp³-hybridized carbons (Fsp3) is 0.467. The zero-order chi connectivity index (χ0) is 12.1. The summed E-state index contributed by atoms with van der Waals surface area (Å²) < 4.78 is 5.65. The van der Waals surface area contributed by atoms with E-state index >= 15 is 0 Å². The van der Waals surface area contributed by atoms with Gasteiger partial charge in [0.15, 0.2) is 0 Å². The number of ether oxygens (including phenoxy) is 1. The molecule has 0 heterocycles. The van der Waals surface area contributed by atoms with Gasteiger partial charge in [-0.25, -0.2) is 0 Å². The smallest absolute Gasteiger partial charge is 0.107 e. The number of aliphatic hydroxyl groups is 1. The Hall–Kier alpha value is -1.12. The zero-order valence-corrected chi connectivity index (χ0v) is 10.3. The first kappa shape index (κ1) is 11.0. The van der Waals surface area contributed by atoms with Crippen LogP contribution >= 0.6 is 0 Å². The highest BCUT2D eigenvalue weighted by Gasteiger charge is 2.70. The van der Waals surface area contributed by atoms with Gasteiger partial charge in [-0.05, 0) is 18.9 Å². The number of hydrogen-bond donors (Lipinski definition) is 1. The van der Waals surface area contributed by atoms with E-state index in [1.165, 1.54) is 5.56 Å². The van der Waals surface area contributed by atoms with Gasteiger partial charge >= 0.3 is 0 Å². The van der Waals surface area contributed by atoms with Gasteiger partial charge in [-0.1, -0.05) is 42.5 Å². The summed E-state index contributed by atoms with van der Waals surface area (Å²) in [5.74, 6) is 0.437. The third-order valence-corrected chi connectivity index (χ3v) is 4.65. The topological polar surface area (TPSA) is 29.5 Å².